The monoisotopic (exact) mass is 196 g/mol. The van der Waals surface area contributed by atoms with E-state index in [4.69, 9.17) is 4.74 Å². The number of carbonyl (C=O) groups excluding carboxylic acids is 1. The maximum Gasteiger partial charge on any atom is 0.333 e. The molecule has 0 unspecified atom stereocenters. The van der Waals surface area contributed by atoms with Crippen LogP contribution in [0.2, 0.25) is 0 Å². The minimum Gasteiger partial charge on any atom is -0.462 e. The lowest BCUT2D eigenvalue weighted by atomic mass is 10.0. The van der Waals surface area contributed by atoms with Crippen molar-refractivity contribution in [2.45, 2.75) is 51.4 Å². The molecule has 2 nitrogen and oxygen atoms in total. The van der Waals surface area contributed by atoms with Crippen molar-refractivity contribution < 1.29 is 9.53 Å². The van der Waals surface area contributed by atoms with Crippen molar-refractivity contribution in [1.82, 2.24) is 0 Å². The van der Waals surface area contributed by atoms with Gasteiger partial charge < -0.3 is 4.74 Å². The van der Waals surface area contributed by atoms with Gasteiger partial charge in [-0.2, -0.15) is 0 Å². The van der Waals surface area contributed by atoms with Gasteiger partial charge in [-0.3, -0.25) is 0 Å². The summed E-state index contributed by atoms with van der Waals surface area (Å²) in [7, 11) is 0. The van der Waals surface area contributed by atoms with Gasteiger partial charge in [0, 0.05) is 5.57 Å². The van der Waals surface area contributed by atoms with Gasteiger partial charge in [-0.25, -0.2) is 4.79 Å². The summed E-state index contributed by atoms with van der Waals surface area (Å²) < 4.78 is 5.09. The first kappa shape index (κ1) is 11.3. The second-order valence-electron chi connectivity index (χ2n) is 3.96. The van der Waals surface area contributed by atoms with Crippen LogP contribution in [0.25, 0.3) is 0 Å². The van der Waals surface area contributed by atoms with Crippen molar-refractivity contribution in [2.75, 3.05) is 6.61 Å². The first-order valence-electron chi connectivity index (χ1n) is 5.65. The molecule has 0 aromatic heterocycles. The topological polar surface area (TPSA) is 26.3 Å². The van der Waals surface area contributed by atoms with E-state index in [0.29, 0.717) is 12.2 Å². The average Bonchev–Trinajstić information content (AvgIpc) is 2.18. The highest BCUT2D eigenvalue weighted by Gasteiger charge is 2.08. The maximum atomic E-state index is 11.3. The van der Waals surface area contributed by atoms with Crippen LogP contribution < -0.4 is 0 Å². The molecule has 0 aromatic carbocycles. The summed E-state index contributed by atoms with van der Waals surface area (Å²) in [5.74, 6) is -0.189. The molecule has 1 heterocycles. The highest BCUT2D eigenvalue weighted by molar-refractivity contribution is 5.87. The van der Waals surface area contributed by atoms with E-state index in [1.807, 2.05) is 0 Å². The van der Waals surface area contributed by atoms with Crippen LogP contribution in [0.15, 0.2) is 12.2 Å². The van der Waals surface area contributed by atoms with E-state index in [1.165, 1.54) is 32.1 Å². The Kier molecular flexibility index (Phi) is 5.35. The van der Waals surface area contributed by atoms with E-state index < -0.39 is 0 Å². The lowest BCUT2D eigenvalue weighted by molar-refractivity contribution is -0.139. The van der Waals surface area contributed by atoms with Crippen molar-refractivity contribution in [1.29, 1.82) is 0 Å². The van der Waals surface area contributed by atoms with Crippen molar-refractivity contribution in [3.63, 3.8) is 0 Å². The summed E-state index contributed by atoms with van der Waals surface area (Å²) >= 11 is 0. The van der Waals surface area contributed by atoms with Crippen molar-refractivity contribution in [2.24, 2.45) is 0 Å². The molecule has 1 saturated heterocycles. The Balaban J connectivity index is 2.31. The number of hydrogen-bond acceptors (Lipinski definition) is 2. The Bertz CT molecular complexity index is 174. The number of hydrogen-bond donors (Lipinski definition) is 0. The highest BCUT2D eigenvalue weighted by atomic mass is 16.5. The van der Waals surface area contributed by atoms with Gasteiger partial charge in [-0.05, 0) is 19.3 Å². The fourth-order valence-electron chi connectivity index (χ4n) is 1.69. The van der Waals surface area contributed by atoms with Crippen LogP contribution in [0, 0.1) is 0 Å². The van der Waals surface area contributed by atoms with Crippen molar-refractivity contribution in [3.05, 3.63) is 12.2 Å². The Morgan fingerprint density at radius 3 is 2.21 bits per heavy atom. The molecule has 1 rings (SSSR count). The van der Waals surface area contributed by atoms with Crippen LogP contribution >= 0.6 is 0 Å². The Morgan fingerprint density at radius 1 is 0.929 bits per heavy atom. The molecule has 80 valence electrons. The first-order chi connectivity index (χ1) is 6.80. The fraction of sp³-hybridized carbons (Fsp3) is 0.750. The van der Waals surface area contributed by atoms with Crippen molar-refractivity contribution in [3.8, 4) is 0 Å². The van der Waals surface area contributed by atoms with E-state index in [0.717, 1.165) is 19.3 Å². The molecule has 0 atom stereocenters. The molecule has 0 radical (unpaired) electrons. The molecule has 0 amide bonds. The summed E-state index contributed by atoms with van der Waals surface area (Å²) in [6, 6.07) is 0. The third-order valence-corrected chi connectivity index (χ3v) is 2.64. The molecule has 1 fully saturated rings. The van der Waals surface area contributed by atoms with Crippen LogP contribution in [0.5, 0.6) is 0 Å². The molecule has 14 heavy (non-hydrogen) atoms. The molecule has 1 aliphatic rings. The van der Waals surface area contributed by atoms with E-state index in [2.05, 4.69) is 6.58 Å². The quantitative estimate of drug-likeness (QED) is 0.439. The summed E-state index contributed by atoms with van der Waals surface area (Å²) in [6.07, 6.45) is 9.17. The van der Waals surface area contributed by atoms with Crippen LogP contribution in [-0.4, -0.2) is 12.6 Å². The van der Waals surface area contributed by atoms with E-state index >= 15 is 0 Å². The minimum atomic E-state index is -0.189. The van der Waals surface area contributed by atoms with Gasteiger partial charge in [-0.1, -0.05) is 38.7 Å². The SMILES string of the molecule is C=C1CCCCCCCCCOC1=O. The van der Waals surface area contributed by atoms with Gasteiger partial charge in [-0.15, -0.1) is 0 Å². The second-order valence-corrected chi connectivity index (χ2v) is 3.96. The molecule has 0 spiro atoms. The standard InChI is InChI=1S/C12H20O2/c1-11-9-7-5-3-2-4-6-8-10-14-12(11)13/h1-10H2. The van der Waals surface area contributed by atoms with E-state index in [9.17, 15) is 4.79 Å². The van der Waals surface area contributed by atoms with Gasteiger partial charge in [0.15, 0.2) is 0 Å². The number of carbonyl (C=O) groups is 1. The summed E-state index contributed by atoms with van der Waals surface area (Å²) in [5.41, 5.74) is 0.644. The van der Waals surface area contributed by atoms with Gasteiger partial charge in [0.2, 0.25) is 0 Å². The predicted octanol–water partition coefficient (Wildman–Crippen LogP) is 3.22. The summed E-state index contributed by atoms with van der Waals surface area (Å²) in [5, 5.41) is 0. The summed E-state index contributed by atoms with van der Waals surface area (Å²) in [4.78, 5) is 11.3. The minimum absolute atomic E-state index is 0.189. The number of cyclic esters (lactones) is 1. The van der Waals surface area contributed by atoms with Gasteiger partial charge in [0.05, 0.1) is 6.61 Å². The fourth-order valence-corrected chi connectivity index (χ4v) is 1.69. The van der Waals surface area contributed by atoms with Crippen LogP contribution in [0.4, 0.5) is 0 Å². The molecule has 0 saturated carbocycles. The normalized spacial score (nSPS) is 22.0. The lowest BCUT2D eigenvalue weighted by Gasteiger charge is -2.09. The molecule has 0 aliphatic carbocycles. The van der Waals surface area contributed by atoms with Gasteiger partial charge in [0.25, 0.3) is 0 Å². The highest BCUT2D eigenvalue weighted by Crippen LogP contribution is 2.14. The number of rotatable bonds is 0. The van der Waals surface area contributed by atoms with Crippen LogP contribution in [0.3, 0.4) is 0 Å². The second kappa shape index (κ2) is 6.63. The molecule has 0 aromatic rings. The third-order valence-electron chi connectivity index (χ3n) is 2.64. The molecule has 2 heteroatoms. The Hall–Kier alpha value is -0.790. The van der Waals surface area contributed by atoms with E-state index in [-0.39, 0.29) is 5.97 Å². The van der Waals surface area contributed by atoms with Gasteiger partial charge in [0.1, 0.15) is 0 Å². The van der Waals surface area contributed by atoms with Gasteiger partial charge >= 0.3 is 5.97 Å². The van der Waals surface area contributed by atoms with Crippen LogP contribution in [0.1, 0.15) is 51.4 Å². The zero-order valence-corrected chi connectivity index (χ0v) is 8.89. The van der Waals surface area contributed by atoms with Crippen LogP contribution in [-0.2, 0) is 9.53 Å². The predicted molar refractivity (Wildman–Crippen MR) is 57.0 cm³/mol. The Labute approximate surface area is 86.3 Å². The summed E-state index contributed by atoms with van der Waals surface area (Å²) in [6.45, 7) is 4.32. The lowest BCUT2D eigenvalue weighted by Crippen LogP contribution is -2.08. The number of esters is 1. The van der Waals surface area contributed by atoms with Crippen molar-refractivity contribution >= 4 is 5.97 Å². The first-order valence-corrected chi connectivity index (χ1v) is 5.65. The molecule has 0 bridgehead atoms. The third kappa shape index (κ3) is 4.45. The maximum absolute atomic E-state index is 11.3. The molecular weight excluding hydrogens is 176 g/mol. The smallest absolute Gasteiger partial charge is 0.333 e. The molecular formula is C12H20O2. The number of ether oxygens (including phenoxy) is 1. The van der Waals surface area contributed by atoms with E-state index in [1.54, 1.807) is 0 Å². The molecule has 1 aliphatic heterocycles. The largest absolute Gasteiger partial charge is 0.462 e. The zero-order chi connectivity index (χ0) is 10.2. The zero-order valence-electron chi connectivity index (χ0n) is 8.89. The molecule has 0 N–H and O–H groups in total. The average molecular weight is 196 g/mol. The Morgan fingerprint density at radius 2 is 1.50 bits per heavy atom.